The first kappa shape index (κ1) is 15.6. The molecule has 0 N–H and O–H groups in total. The molecular weight excluding hydrogens is 264 g/mol. The van der Waals surface area contributed by atoms with Crippen molar-refractivity contribution in [3.63, 3.8) is 0 Å². The Morgan fingerprint density at radius 3 is 2.32 bits per heavy atom. The van der Waals surface area contributed by atoms with Gasteiger partial charge in [0.15, 0.2) is 0 Å². The lowest BCUT2D eigenvalue weighted by atomic mass is 10.1. The van der Waals surface area contributed by atoms with E-state index in [0.29, 0.717) is 13.2 Å². The third-order valence-electron chi connectivity index (χ3n) is 2.28. The SMILES string of the molecule is CCOC(=O)CSC(C(=O)OCC)c1ccccc1. The van der Waals surface area contributed by atoms with E-state index in [0.717, 1.165) is 5.56 Å². The van der Waals surface area contributed by atoms with Gasteiger partial charge in [-0.1, -0.05) is 30.3 Å². The van der Waals surface area contributed by atoms with Gasteiger partial charge in [0.2, 0.25) is 0 Å². The van der Waals surface area contributed by atoms with Crippen LogP contribution in [0.15, 0.2) is 30.3 Å². The highest BCUT2D eigenvalue weighted by Crippen LogP contribution is 2.30. The minimum atomic E-state index is -0.495. The Kier molecular flexibility index (Phi) is 7.03. The van der Waals surface area contributed by atoms with Crippen molar-refractivity contribution < 1.29 is 19.1 Å². The lowest BCUT2D eigenvalue weighted by Crippen LogP contribution is -2.16. The topological polar surface area (TPSA) is 52.6 Å². The molecule has 0 aromatic heterocycles. The second-order valence-electron chi connectivity index (χ2n) is 3.66. The maximum absolute atomic E-state index is 11.9. The molecule has 1 unspecified atom stereocenters. The molecule has 4 nitrogen and oxygen atoms in total. The van der Waals surface area contributed by atoms with E-state index >= 15 is 0 Å². The molecule has 19 heavy (non-hydrogen) atoms. The minimum Gasteiger partial charge on any atom is -0.465 e. The van der Waals surface area contributed by atoms with Crippen LogP contribution in [-0.4, -0.2) is 30.9 Å². The summed E-state index contributed by atoms with van der Waals surface area (Å²) in [4.78, 5) is 23.3. The van der Waals surface area contributed by atoms with E-state index in [1.54, 1.807) is 13.8 Å². The molecule has 1 aromatic carbocycles. The Hall–Kier alpha value is -1.49. The monoisotopic (exact) mass is 282 g/mol. The Balaban J connectivity index is 2.70. The van der Waals surface area contributed by atoms with E-state index in [4.69, 9.17) is 9.47 Å². The van der Waals surface area contributed by atoms with Crippen molar-refractivity contribution >= 4 is 23.7 Å². The lowest BCUT2D eigenvalue weighted by molar-refractivity contribution is -0.142. The van der Waals surface area contributed by atoms with Crippen molar-refractivity contribution in [1.29, 1.82) is 0 Å². The number of esters is 2. The first-order chi connectivity index (χ1) is 9.19. The Labute approximate surface area is 117 Å². The van der Waals surface area contributed by atoms with Gasteiger partial charge in [0.25, 0.3) is 0 Å². The van der Waals surface area contributed by atoms with Gasteiger partial charge < -0.3 is 9.47 Å². The molecular formula is C14H18O4S. The largest absolute Gasteiger partial charge is 0.465 e. The van der Waals surface area contributed by atoms with E-state index < -0.39 is 5.25 Å². The van der Waals surface area contributed by atoms with Crippen molar-refractivity contribution in [2.45, 2.75) is 19.1 Å². The molecule has 5 heteroatoms. The Morgan fingerprint density at radius 2 is 1.74 bits per heavy atom. The van der Waals surface area contributed by atoms with Crippen molar-refractivity contribution in [3.05, 3.63) is 35.9 Å². The van der Waals surface area contributed by atoms with Crippen LogP contribution in [0.4, 0.5) is 0 Å². The maximum Gasteiger partial charge on any atom is 0.323 e. The number of carbonyl (C=O) groups excluding carboxylic acids is 2. The molecule has 0 aliphatic carbocycles. The van der Waals surface area contributed by atoms with Gasteiger partial charge in [-0.15, -0.1) is 11.8 Å². The van der Waals surface area contributed by atoms with E-state index in [2.05, 4.69) is 0 Å². The van der Waals surface area contributed by atoms with E-state index in [1.165, 1.54) is 11.8 Å². The quantitative estimate of drug-likeness (QED) is 0.719. The van der Waals surface area contributed by atoms with E-state index in [-0.39, 0.29) is 17.7 Å². The second kappa shape index (κ2) is 8.58. The number of hydrogen-bond acceptors (Lipinski definition) is 5. The molecule has 0 saturated heterocycles. The minimum absolute atomic E-state index is 0.131. The third kappa shape index (κ3) is 5.34. The number of thioether (sulfide) groups is 1. The van der Waals surface area contributed by atoms with Gasteiger partial charge in [-0.05, 0) is 19.4 Å². The summed E-state index contributed by atoms with van der Waals surface area (Å²) in [7, 11) is 0. The summed E-state index contributed by atoms with van der Waals surface area (Å²) in [5, 5.41) is -0.495. The molecule has 1 rings (SSSR count). The average Bonchev–Trinajstić information content (AvgIpc) is 2.41. The predicted octanol–water partition coefficient (Wildman–Crippen LogP) is 2.59. The van der Waals surface area contributed by atoms with Crippen LogP contribution in [0.1, 0.15) is 24.7 Å². The fourth-order valence-electron chi connectivity index (χ4n) is 1.50. The summed E-state index contributed by atoms with van der Waals surface area (Å²) in [6, 6.07) is 9.28. The van der Waals surface area contributed by atoms with E-state index in [9.17, 15) is 9.59 Å². The molecule has 0 amide bonds. The Bertz CT molecular complexity index is 405. The summed E-state index contributed by atoms with van der Waals surface area (Å²) in [5.74, 6) is -0.521. The van der Waals surface area contributed by atoms with Gasteiger partial charge in [-0.25, -0.2) is 0 Å². The highest BCUT2D eigenvalue weighted by atomic mass is 32.2. The molecule has 0 radical (unpaired) electrons. The van der Waals surface area contributed by atoms with Gasteiger partial charge in [0.05, 0.1) is 19.0 Å². The summed E-state index contributed by atoms with van der Waals surface area (Å²) < 4.78 is 9.89. The van der Waals surface area contributed by atoms with Gasteiger partial charge >= 0.3 is 11.9 Å². The van der Waals surface area contributed by atoms with Crippen LogP contribution >= 0.6 is 11.8 Å². The molecule has 0 aliphatic rings. The molecule has 0 bridgehead atoms. The van der Waals surface area contributed by atoms with Gasteiger partial charge in [0, 0.05) is 0 Å². The number of carbonyl (C=O) groups is 2. The van der Waals surface area contributed by atoms with E-state index in [1.807, 2.05) is 30.3 Å². The van der Waals surface area contributed by atoms with Gasteiger partial charge in [-0.3, -0.25) is 9.59 Å². The first-order valence-corrected chi connectivity index (χ1v) is 7.22. The molecule has 104 valence electrons. The van der Waals surface area contributed by atoms with Crippen molar-refractivity contribution in [2.24, 2.45) is 0 Å². The van der Waals surface area contributed by atoms with Crippen LogP contribution in [0.5, 0.6) is 0 Å². The van der Waals surface area contributed by atoms with Crippen molar-refractivity contribution in [1.82, 2.24) is 0 Å². The zero-order valence-corrected chi connectivity index (χ0v) is 11.9. The maximum atomic E-state index is 11.9. The van der Waals surface area contributed by atoms with Crippen molar-refractivity contribution in [3.8, 4) is 0 Å². The van der Waals surface area contributed by atoms with Crippen LogP contribution in [0.3, 0.4) is 0 Å². The summed E-state index contributed by atoms with van der Waals surface area (Å²) in [6.45, 7) is 4.18. The molecule has 0 saturated carbocycles. The van der Waals surface area contributed by atoms with Crippen LogP contribution in [0.2, 0.25) is 0 Å². The van der Waals surface area contributed by atoms with Crippen LogP contribution in [0, 0.1) is 0 Å². The molecule has 1 atom stereocenters. The summed E-state index contributed by atoms with van der Waals surface area (Å²) >= 11 is 1.22. The first-order valence-electron chi connectivity index (χ1n) is 6.17. The average molecular weight is 282 g/mol. The molecule has 0 heterocycles. The summed E-state index contributed by atoms with van der Waals surface area (Å²) in [5.41, 5.74) is 0.829. The highest BCUT2D eigenvalue weighted by molar-refractivity contribution is 8.00. The fourth-order valence-corrected chi connectivity index (χ4v) is 2.44. The standard InChI is InChI=1S/C14H18O4S/c1-3-17-12(15)10-19-13(14(16)18-4-2)11-8-6-5-7-9-11/h5-9,13H,3-4,10H2,1-2H3. The second-order valence-corrected chi connectivity index (χ2v) is 4.75. The fraction of sp³-hybridized carbons (Fsp3) is 0.429. The zero-order valence-electron chi connectivity index (χ0n) is 11.1. The molecule has 0 fully saturated rings. The van der Waals surface area contributed by atoms with Crippen LogP contribution in [-0.2, 0) is 19.1 Å². The number of hydrogen-bond donors (Lipinski definition) is 0. The molecule has 0 aliphatic heterocycles. The van der Waals surface area contributed by atoms with Crippen LogP contribution < -0.4 is 0 Å². The Morgan fingerprint density at radius 1 is 1.11 bits per heavy atom. The number of ether oxygens (including phenoxy) is 2. The van der Waals surface area contributed by atoms with Crippen molar-refractivity contribution in [2.75, 3.05) is 19.0 Å². The highest BCUT2D eigenvalue weighted by Gasteiger charge is 2.23. The predicted molar refractivity (Wildman–Crippen MR) is 74.9 cm³/mol. The molecule has 1 aromatic rings. The van der Waals surface area contributed by atoms with Gasteiger partial charge in [0.1, 0.15) is 5.25 Å². The lowest BCUT2D eigenvalue weighted by Gasteiger charge is -2.15. The third-order valence-corrected chi connectivity index (χ3v) is 3.48. The molecule has 0 spiro atoms. The number of benzene rings is 1. The normalized spacial score (nSPS) is 11.7. The van der Waals surface area contributed by atoms with Gasteiger partial charge in [-0.2, -0.15) is 0 Å². The number of rotatable bonds is 7. The summed E-state index contributed by atoms with van der Waals surface area (Å²) in [6.07, 6.45) is 0. The zero-order chi connectivity index (χ0) is 14.1. The smallest absolute Gasteiger partial charge is 0.323 e. The van der Waals surface area contributed by atoms with Crippen LogP contribution in [0.25, 0.3) is 0 Å².